The molecule has 92 valence electrons. The van der Waals surface area contributed by atoms with Gasteiger partial charge in [0.15, 0.2) is 0 Å². The summed E-state index contributed by atoms with van der Waals surface area (Å²) in [7, 11) is 0. The topological polar surface area (TPSA) is 61.8 Å². The molecule has 5 heteroatoms. The number of hydrazine groups is 1. The number of nitrogens with zero attached hydrogens (tertiary/aromatic N) is 1. The summed E-state index contributed by atoms with van der Waals surface area (Å²) < 4.78 is 5.24. The van der Waals surface area contributed by atoms with Gasteiger partial charge in [0.2, 0.25) is 0 Å². The Morgan fingerprint density at radius 2 is 2.12 bits per heavy atom. The fraction of sp³-hybridized carbons (Fsp3) is 0.417. The normalized spacial score (nSPS) is 16.8. The number of carbonyl (C=O) groups is 1. The van der Waals surface area contributed by atoms with Gasteiger partial charge in [-0.3, -0.25) is 0 Å². The molecule has 0 unspecified atom stereocenters. The van der Waals surface area contributed by atoms with Crippen LogP contribution in [0.3, 0.4) is 0 Å². The molecule has 1 aromatic rings. The first-order valence-electron chi connectivity index (χ1n) is 5.60. The molecule has 1 aliphatic rings. The van der Waals surface area contributed by atoms with Crippen molar-refractivity contribution < 1.29 is 14.6 Å². The van der Waals surface area contributed by atoms with Crippen LogP contribution in [0.25, 0.3) is 0 Å². The molecule has 0 aliphatic carbocycles. The van der Waals surface area contributed by atoms with Gasteiger partial charge >= 0.3 is 5.97 Å². The minimum absolute atomic E-state index is 0.294. The summed E-state index contributed by atoms with van der Waals surface area (Å²) in [6.07, 6.45) is 0. The monoisotopic (exact) mass is 236 g/mol. The number of benzene rings is 1. The molecule has 0 bridgehead atoms. The second-order valence-corrected chi connectivity index (χ2v) is 4.07. The van der Waals surface area contributed by atoms with E-state index in [4.69, 9.17) is 9.84 Å². The van der Waals surface area contributed by atoms with Gasteiger partial charge in [-0.1, -0.05) is 6.07 Å². The first-order valence-corrected chi connectivity index (χ1v) is 5.60. The van der Waals surface area contributed by atoms with Gasteiger partial charge in [0, 0.05) is 13.1 Å². The number of anilines is 1. The number of hydrogen-bond acceptors (Lipinski definition) is 4. The van der Waals surface area contributed by atoms with Crippen LogP contribution in [0.1, 0.15) is 15.9 Å². The summed E-state index contributed by atoms with van der Waals surface area (Å²) in [4.78, 5) is 11.1. The fourth-order valence-corrected chi connectivity index (χ4v) is 1.78. The fourth-order valence-electron chi connectivity index (χ4n) is 1.78. The minimum atomic E-state index is -0.916. The second-order valence-electron chi connectivity index (χ2n) is 4.07. The van der Waals surface area contributed by atoms with Crippen molar-refractivity contribution in [1.29, 1.82) is 0 Å². The van der Waals surface area contributed by atoms with Gasteiger partial charge in [-0.05, 0) is 24.6 Å². The number of ether oxygens (including phenoxy) is 1. The maximum absolute atomic E-state index is 11.1. The van der Waals surface area contributed by atoms with Gasteiger partial charge in [0.1, 0.15) is 0 Å². The van der Waals surface area contributed by atoms with Gasteiger partial charge in [-0.2, -0.15) is 0 Å². The molecule has 17 heavy (non-hydrogen) atoms. The van der Waals surface area contributed by atoms with E-state index in [9.17, 15) is 4.79 Å². The zero-order valence-electron chi connectivity index (χ0n) is 9.77. The molecule has 1 fully saturated rings. The van der Waals surface area contributed by atoms with Crippen molar-refractivity contribution in [1.82, 2.24) is 5.01 Å². The molecule has 0 aromatic heterocycles. The van der Waals surface area contributed by atoms with E-state index in [0.29, 0.717) is 24.5 Å². The van der Waals surface area contributed by atoms with E-state index >= 15 is 0 Å². The number of aryl methyl sites for hydroxylation is 1. The van der Waals surface area contributed by atoms with Crippen LogP contribution in [-0.2, 0) is 4.74 Å². The standard InChI is InChI=1S/C12H16N2O3/c1-9-2-3-10(12(15)16)11(8-9)13-14-4-6-17-7-5-14/h2-3,8,13H,4-7H2,1H3,(H,15,16). The van der Waals surface area contributed by atoms with E-state index in [-0.39, 0.29) is 0 Å². The summed E-state index contributed by atoms with van der Waals surface area (Å²) in [5.41, 5.74) is 5.11. The van der Waals surface area contributed by atoms with Crippen molar-refractivity contribution >= 4 is 11.7 Å². The molecule has 1 aliphatic heterocycles. The van der Waals surface area contributed by atoms with Crippen LogP contribution in [0.4, 0.5) is 5.69 Å². The number of morpholine rings is 1. The Morgan fingerprint density at radius 1 is 1.41 bits per heavy atom. The van der Waals surface area contributed by atoms with Gasteiger partial charge < -0.3 is 15.3 Å². The van der Waals surface area contributed by atoms with Crippen molar-refractivity contribution in [2.45, 2.75) is 6.92 Å². The van der Waals surface area contributed by atoms with Crippen molar-refractivity contribution in [3.05, 3.63) is 29.3 Å². The lowest BCUT2D eigenvalue weighted by atomic mass is 10.1. The molecule has 5 nitrogen and oxygen atoms in total. The number of carboxylic acids is 1. The Bertz CT molecular complexity index is 414. The highest BCUT2D eigenvalue weighted by Crippen LogP contribution is 2.18. The van der Waals surface area contributed by atoms with E-state index < -0.39 is 5.97 Å². The third-order valence-corrected chi connectivity index (χ3v) is 2.70. The molecule has 2 rings (SSSR count). The van der Waals surface area contributed by atoms with E-state index in [0.717, 1.165) is 18.7 Å². The van der Waals surface area contributed by atoms with Gasteiger partial charge in [0.05, 0.1) is 24.5 Å². The van der Waals surface area contributed by atoms with Crippen LogP contribution in [-0.4, -0.2) is 42.4 Å². The molecule has 0 amide bonds. The van der Waals surface area contributed by atoms with Crippen molar-refractivity contribution in [2.75, 3.05) is 31.7 Å². The van der Waals surface area contributed by atoms with Crippen LogP contribution < -0.4 is 5.43 Å². The molecule has 1 heterocycles. The van der Waals surface area contributed by atoms with Crippen LogP contribution >= 0.6 is 0 Å². The number of aromatic carboxylic acids is 1. The smallest absolute Gasteiger partial charge is 0.337 e. The predicted molar refractivity (Wildman–Crippen MR) is 64.2 cm³/mol. The number of hydrogen-bond donors (Lipinski definition) is 2. The van der Waals surface area contributed by atoms with E-state index in [1.54, 1.807) is 12.1 Å². The molecule has 0 radical (unpaired) electrons. The van der Waals surface area contributed by atoms with Gasteiger partial charge in [0.25, 0.3) is 0 Å². The SMILES string of the molecule is Cc1ccc(C(=O)O)c(NN2CCOCC2)c1. The number of rotatable bonds is 3. The average Bonchev–Trinajstić information content (AvgIpc) is 2.30. The molecule has 0 atom stereocenters. The Morgan fingerprint density at radius 3 is 2.76 bits per heavy atom. The lowest BCUT2D eigenvalue weighted by Crippen LogP contribution is -2.40. The maximum Gasteiger partial charge on any atom is 0.337 e. The second kappa shape index (κ2) is 5.16. The molecular formula is C12H16N2O3. The first kappa shape index (κ1) is 11.9. The van der Waals surface area contributed by atoms with E-state index in [2.05, 4.69) is 5.43 Å². The Kier molecular flexibility index (Phi) is 3.61. The third-order valence-electron chi connectivity index (χ3n) is 2.70. The minimum Gasteiger partial charge on any atom is -0.478 e. The highest BCUT2D eigenvalue weighted by molar-refractivity contribution is 5.94. The first-order chi connectivity index (χ1) is 8.16. The lowest BCUT2D eigenvalue weighted by Gasteiger charge is -2.28. The summed E-state index contributed by atoms with van der Waals surface area (Å²) in [5, 5.41) is 11.1. The van der Waals surface area contributed by atoms with Crippen molar-refractivity contribution in [2.24, 2.45) is 0 Å². The zero-order chi connectivity index (χ0) is 12.3. The molecule has 1 saturated heterocycles. The quantitative estimate of drug-likeness (QED) is 0.829. The predicted octanol–water partition coefficient (Wildman–Crippen LogP) is 1.35. The van der Waals surface area contributed by atoms with Gasteiger partial charge in [-0.15, -0.1) is 0 Å². The summed E-state index contributed by atoms with van der Waals surface area (Å²) in [6, 6.07) is 5.27. The molecule has 2 N–H and O–H groups in total. The molecule has 1 aromatic carbocycles. The van der Waals surface area contributed by atoms with Crippen LogP contribution in [0.5, 0.6) is 0 Å². The van der Waals surface area contributed by atoms with Crippen molar-refractivity contribution in [3.8, 4) is 0 Å². The highest BCUT2D eigenvalue weighted by Gasteiger charge is 2.14. The zero-order valence-corrected chi connectivity index (χ0v) is 9.77. The summed E-state index contributed by atoms with van der Waals surface area (Å²) in [6.45, 7) is 4.79. The van der Waals surface area contributed by atoms with Crippen LogP contribution in [0, 0.1) is 6.92 Å². The van der Waals surface area contributed by atoms with E-state index in [1.165, 1.54) is 0 Å². The van der Waals surface area contributed by atoms with Crippen LogP contribution in [0.2, 0.25) is 0 Å². The lowest BCUT2D eigenvalue weighted by molar-refractivity contribution is 0.0495. The summed E-state index contributed by atoms with van der Waals surface area (Å²) in [5.74, 6) is -0.916. The Hall–Kier alpha value is -1.59. The number of carboxylic acid groups (broad SMARTS) is 1. The highest BCUT2D eigenvalue weighted by atomic mass is 16.5. The Balaban J connectivity index is 2.17. The van der Waals surface area contributed by atoms with E-state index in [1.807, 2.05) is 18.0 Å². The summed E-state index contributed by atoms with van der Waals surface area (Å²) >= 11 is 0. The number of nitrogens with one attached hydrogen (secondary N) is 1. The Labute approximate surface area is 100.0 Å². The maximum atomic E-state index is 11.1. The van der Waals surface area contributed by atoms with Crippen molar-refractivity contribution in [3.63, 3.8) is 0 Å². The molecular weight excluding hydrogens is 220 g/mol. The van der Waals surface area contributed by atoms with Gasteiger partial charge in [-0.25, -0.2) is 9.80 Å². The molecule has 0 saturated carbocycles. The molecule has 0 spiro atoms. The average molecular weight is 236 g/mol. The third kappa shape index (κ3) is 2.95. The van der Waals surface area contributed by atoms with Crippen LogP contribution in [0.15, 0.2) is 18.2 Å². The largest absolute Gasteiger partial charge is 0.478 e.